The second kappa shape index (κ2) is 7.64. The molecule has 1 heterocycles. The lowest BCUT2D eigenvalue weighted by atomic mass is 9.94. The minimum atomic E-state index is -0.291. The summed E-state index contributed by atoms with van der Waals surface area (Å²) >= 11 is 0. The molecule has 1 aliphatic rings. The quantitative estimate of drug-likeness (QED) is 0.924. The summed E-state index contributed by atoms with van der Waals surface area (Å²) in [5.41, 5.74) is 0.928. The molecule has 1 aliphatic carbocycles. The maximum absolute atomic E-state index is 12.6. The topological polar surface area (TPSA) is 50.2 Å². The lowest BCUT2D eigenvalue weighted by Crippen LogP contribution is -2.44. The van der Waals surface area contributed by atoms with Gasteiger partial charge in [-0.3, -0.25) is 9.48 Å². The Bertz CT molecular complexity index is 429. The lowest BCUT2D eigenvalue weighted by Gasteiger charge is -2.33. The molecule has 0 aliphatic heterocycles. The number of rotatable bonds is 4. The molecule has 1 amide bonds. The first kappa shape index (κ1) is 17.0. The zero-order chi connectivity index (χ0) is 13.8. The summed E-state index contributed by atoms with van der Waals surface area (Å²) in [6.07, 6.45) is 9.69. The summed E-state index contributed by atoms with van der Waals surface area (Å²) in [5.74, 6) is 0.141. The monoisotopic (exact) mass is 300 g/mol. The first-order chi connectivity index (χ1) is 9.13. The van der Waals surface area contributed by atoms with Gasteiger partial charge in [0.05, 0.1) is 6.20 Å². The second-order valence-electron chi connectivity index (χ2n) is 5.41. The van der Waals surface area contributed by atoms with Gasteiger partial charge in [-0.2, -0.15) is 5.10 Å². The van der Waals surface area contributed by atoms with Crippen LogP contribution < -0.4 is 5.32 Å². The SMILES string of the molecule is CNC(C(=O)N(C)C1CCCCC1)c1cnn(C)c1.Cl. The van der Waals surface area contributed by atoms with Gasteiger partial charge in [-0.25, -0.2) is 0 Å². The van der Waals surface area contributed by atoms with E-state index in [1.165, 1.54) is 19.3 Å². The highest BCUT2D eigenvalue weighted by Gasteiger charge is 2.28. The molecule has 114 valence electrons. The van der Waals surface area contributed by atoms with Crippen LogP contribution in [0, 0.1) is 0 Å². The van der Waals surface area contributed by atoms with Crippen molar-refractivity contribution in [2.75, 3.05) is 14.1 Å². The van der Waals surface area contributed by atoms with Crippen LogP contribution in [-0.4, -0.2) is 40.7 Å². The number of hydrogen-bond acceptors (Lipinski definition) is 3. The number of nitrogens with zero attached hydrogens (tertiary/aromatic N) is 3. The maximum Gasteiger partial charge on any atom is 0.244 e. The Labute approximate surface area is 127 Å². The summed E-state index contributed by atoms with van der Waals surface area (Å²) < 4.78 is 1.73. The van der Waals surface area contributed by atoms with E-state index in [-0.39, 0.29) is 24.4 Å². The standard InChI is InChI=1S/C14H24N4O.ClH/c1-15-13(11-9-16-17(2)10-11)14(19)18(3)12-7-5-4-6-8-12;/h9-10,12-13,15H,4-8H2,1-3H3;1H. The van der Waals surface area contributed by atoms with E-state index in [0.717, 1.165) is 18.4 Å². The number of nitrogens with one attached hydrogen (secondary N) is 1. The second-order valence-corrected chi connectivity index (χ2v) is 5.41. The number of amides is 1. The van der Waals surface area contributed by atoms with E-state index < -0.39 is 0 Å². The van der Waals surface area contributed by atoms with E-state index in [9.17, 15) is 4.79 Å². The molecule has 0 saturated heterocycles. The Morgan fingerprint density at radius 1 is 1.45 bits per heavy atom. The largest absolute Gasteiger partial charge is 0.341 e. The fourth-order valence-electron chi connectivity index (χ4n) is 2.87. The molecule has 1 N–H and O–H groups in total. The van der Waals surface area contributed by atoms with Crippen molar-refractivity contribution in [2.45, 2.75) is 44.2 Å². The number of aryl methyl sites for hydroxylation is 1. The number of aromatic nitrogens is 2. The first-order valence-electron chi connectivity index (χ1n) is 7.06. The first-order valence-corrected chi connectivity index (χ1v) is 7.06. The van der Waals surface area contributed by atoms with Gasteiger partial charge in [0, 0.05) is 31.9 Å². The molecular weight excluding hydrogens is 276 g/mol. The van der Waals surface area contributed by atoms with Crippen molar-refractivity contribution in [3.63, 3.8) is 0 Å². The Morgan fingerprint density at radius 3 is 2.60 bits per heavy atom. The molecule has 1 saturated carbocycles. The molecule has 5 nitrogen and oxygen atoms in total. The van der Waals surface area contributed by atoms with Crippen LogP contribution >= 0.6 is 12.4 Å². The van der Waals surface area contributed by atoms with E-state index >= 15 is 0 Å². The molecule has 0 spiro atoms. The molecule has 0 bridgehead atoms. The smallest absolute Gasteiger partial charge is 0.244 e. The van der Waals surface area contributed by atoms with Crippen molar-refractivity contribution in [3.05, 3.63) is 18.0 Å². The van der Waals surface area contributed by atoms with Crippen molar-refractivity contribution >= 4 is 18.3 Å². The minimum Gasteiger partial charge on any atom is -0.341 e. The predicted octanol–water partition coefficient (Wildman–Crippen LogP) is 1.89. The highest BCUT2D eigenvalue weighted by atomic mass is 35.5. The van der Waals surface area contributed by atoms with Gasteiger partial charge in [-0.05, 0) is 19.9 Å². The molecule has 2 rings (SSSR count). The average molecular weight is 301 g/mol. The van der Waals surface area contributed by atoms with Gasteiger partial charge in [0.1, 0.15) is 6.04 Å². The van der Waals surface area contributed by atoms with Crippen molar-refractivity contribution in [2.24, 2.45) is 7.05 Å². The van der Waals surface area contributed by atoms with Gasteiger partial charge < -0.3 is 10.2 Å². The van der Waals surface area contributed by atoms with Gasteiger partial charge >= 0.3 is 0 Å². The van der Waals surface area contributed by atoms with Crippen LogP contribution in [0.2, 0.25) is 0 Å². The predicted molar refractivity (Wildman–Crippen MR) is 81.9 cm³/mol. The number of halogens is 1. The number of carbonyl (C=O) groups excluding carboxylic acids is 1. The van der Waals surface area contributed by atoms with Crippen LogP contribution in [0.1, 0.15) is 43.7 Å². The van der Waals surface area contributed by atoms with E-state index in [1.807, 2.05) is 32.2 Å². The van der Waals surface area contributed by atoms with Crippen LogP contribution in [0.25, 0.3) is 0 Å². The molecule has 1 aromatic heterocycles. The summed E-state index contributed by atoms with van der Waals surface area (Å²) in [6.45, 7) is 0. The van der Waals surface area contributed by atoms with Gasteiger partial charge in [-0.15, -0.1) is 12.4 Å². The third kappa shape index (κ3) is 3.73. The van der Waals surface area contributed by atoms with Crippen molar-refractivity contribution in [1.29, 1.82) is 0 Å². The molecule has 1 aromatic rings. The average Bonchev–Trinajstić information content (AvgIpc) is 2.86. The maximum atomic E-state index is 12.6. The van der Waals surface area contributed by atoms with Crippen LogP contribution in [0.3, 0.4) is 0 Å². The van der Waals surface area contributed by atoms with Gasteiger partial charge in [0.25, 0.3) is 0 Å². The molecular formula is C14H25ClN4O. The Balaban J connectivity index is 0.00000200. The Kier molecular flexibility index (Phi) is 6.49. The highest BCUT2D eigenvalue weighted by Crippen LogP contribution is 2.24. The summed E-state index contributed by atoms with van der Waals surface area (Å²) in [6, 6.07) is 0.106. The third-order valence-corrected chi connectivity index (χ3v) is 4.06. The van der Waals surface area contributed by atoms with Crippen LogP contribution in [0.15, 0.2) is 12.4 Å². The molecule has 1 unspecified atom stereocenters. The zero-order valence-corrected chi connectivity index (χ0v) is 13.3. The summed E-state index contributed by atoms with van der Waals surface area (Å²) in [4.78, 5) is 14.5. The fourth-order valence-corrected chi connectivity index (χ4v) is 2.87. The normalized spacial score (nSPS) is 17.4. The Hall–Kier alpha value is -1.07. The van der Waals surface area contributed by atoms with E-state index in [4.69, 9.17) is 0 Å². The molecule has 1 fully saturated rings. The van der Waals surface area contributed by atoms with Crippen LogP contribution in [0.4, 0.5) is 0 Å². The van der Waals surface area contributed by atoms with Crippen LogP contribution in [0.5, 0.6) is 0 Å². The van der Waals surface area contributed by atoms with Gasteiger partial charge in [0.2, 0.25) is 5.91 Å². The summed E-state index contributed by atoms with van der Waals surface area (Å²) in [7, 11) is 5.62. The fraction of sp³-hybridized carbons (Fsp3) is 0.714. The van der Waals surface area contributed by atoms with Gasteiger partial charge in [-0.1, -0.05) is 19.3 Å². The third-order valence-electron chi connectivity index (χ3n) is 4.06. The highest BCUT2D eigenvalue weighted by molar-refractivity contribution is 5.85. The zero-order valence-electron chi connectivity index (χ0n) is 12.5. The molecule has 0 aromatic carbocycles. The number of hydrogen-bond donors (Lipinski definition) is 1. The van der Waals surface area contributed by atoms with Crippen LogP contribution in [-0.2, 0) is 11.8 Å². The van der Waals surface area contributed by atoms with Crippen molar-refractivity contribution < 1.29 is 4.79 Å². The van der Waals surface area contributed by atoms with Crippen molar-refractivity contribution in [3.8, 4) is 0 Å². The molecule has 20 heavy (non-hydrogen) atoms. The van der Waals surface area contributed by atoms with E-state index in [1.54, 1.807) is 10.9 Å². The molecule has 6 heteroatoms. The number of carbonyl (C=O) groups is 1. The molecule has 1 atom stereocenters. The van der Waals surface area contributed by atoms with Gasteiger partial charge in [0.15, 0.2) is 0 Å². The van der Waals surface area contributed by atoms with E-state index in [0.29, 0.717) is 6.04 Å². The van der Waals surface area contributed by atoms with Crippen molar-refractivity contribution in [1.82, 2.24) is 20.0 Å². The summed E-state index contributed by atoms with van der Waals surface area (Å²) in [5, 5.41) is 7.25. The number of likely N-dealkylation sites (N-methyl/N-ethyl adjacent to an activating group) is 2. The minimum absolute atomic E-state index is 0. The molecule has 0 radical (unpaired) electrons. The van der Waals surface area contributed by atoms with E-state index in [2.05, 4.69) is 10.4 Å². The Morgan fingerprint density at radius 2 is 2.10 bits per heavy atom. The lowest BCUT2D eigenvalue weighted by molar-refractivity contribution is -0.134.